The molecule has 0 bridgehead atoms. The quantitative estimate of drug-likeness (QED) is 0.832. The lowest BCUT2D eigenvalue weighted by atomic mass is 9.87. The Balaban J connectivity index is 2.37. The van der Waals surface area contributed by atoms with E-state index in [-0.39, 0.29) is 11.0 Å². The fourth-order valence-electron chi connectivity index (χ4n) is 3.12. The standard InChI is InChI=1S/C20H31NSi/c1-19(2,3)17-13-10-14-18(17)22(15-21-20(4,5)6)16-11-8-7-9-12-16/h7-13,21-22H,14-15H2,1-6H3. The first-order valence-corrected chi connectivity index (χ1v) is 10.4. The number of hydrogen-bond donors (Lipinski definition) is 1. The van der Waals surface area contributed by atoms with Crippen molar-refractivity contribution in [3.63, 3.8) is 0 Å². The molecule has 1 aliphatic carbocycles. The van der Waals surface area contributed by atoms with E-state index >= 15 is 0 Å². The molecule has 1 atom stereocenters. The first kappa shape index (κ1) is 17.2. The van der Waals surface area contributed by atoms with Gasteiger partial charge >= 0.3 is 0 Å². The molecule has 22 heavy (non-hydrogen) atoms. The third kappa shape index (κ3) is 4.44. The van der Waals surface area contributed by atoms with E-state index < -0.39 is 8.80 Å². The summed E-state index contributed by atoms with van der Waals surface area (Å²) in [4.78, 5) is 0. The summed E-state index contributed by atoms with van der Waals surface area (Å²) in [7, 11) is -1.20. The monoisotopic (exact) mass is 313 g/mol. The van der Waals surface area contributed by atoms with Gasteiger partial charge in [-0.1, -0.05) is 73.6 Å². The largest absolute Gasteiger partial charge is 0.314 e. The van der Waals surface area contributed by atoms with Crippen LogP contribution in [0.5, 0.6) is 0 Å². The fourth-order valence-corrected chi connectivity index (χ4v) is 6.83. The SMILES string of the molecule is CC(C)(C)NC[SiH](C1=C(C(C)(C)C)C=CC1)c1ccccc1. The van der Waals surface area contributed by atoms with Gasteiger partial charge in [0.05, 0.1) is 0 Å². The van der Waals surface area contributed by atoms with E-state index in [0.29, 0.717) is 0 Å². The van der Waals surface area contributed by atoms with Gasteiger partial charge in [-0.05, 0) is 44.3 Å². The predicted molar refractivity (Wildman–Crippen MR) is 101 cm³/mol. The van der Waals surface area contributed by atoms with Crippen molar-refractivity contribution in [2.24, 2.45) is 5.41 Å². The van der Waals surface area contributed by atoms with Crippen molar-refractivity contribution in [3.05, 3.63) is 53.3 Å². The van der Waals surface area contributed by atoms with Crippen LogP contribution in [-0.2, 0) is 0 Å². The minimum Gasteiger partial charge on any atom is -0.314 e. The van der Waals surface area contributed by atoms with Crippen LogP contribution >= 0.6 is 0 Å². The third-order valence-electron chi connectivity index (χ3n) is 4.24. The van der Waals surface area contributed by atoms with Crippen molar-refractivity contribution in [2.75, 3.05) is 6.17 Å². The smallest absolute Gasteiger partial charge is 0.112 e. The van der Waals surface area contributed by atoms with Crippen LogP contribution in [0.1, 0.15) is 48.0 Å². The Morgan fingerprint density at radius 2 is 1.64 bits per heavy atom. The Kier molecular flexibility index (Phi) is 5.13. The van der Waals surface area contributed by atoms with Crippen molar-refractivity contribution in [3.8, 4) is 0 Å². The molecule has 1 N–H and O–H groups in total. The third-order valence-corrected chi connectivity index (χ3v) is 7.43. The van der Waals surface area contributed by atoms with Crippen molar-refractivity contribution in [1.29, 1.82) is 0 Å². The average Bonchev–Trinajstić information content (AvgIpc) is 2.88. The van der Waals surface area contributed by atoms with Gasteiger partial charge in [0.1, 0.15) is 8.80 Å². The second-order valence-corrected chi connectivity index (χ2v) is 11.3. The first-order valence-electron chi connectivity index (χ1n) is 8.38. The molecule has 2 rings (SSSR count). The minimum absolute atomic E-state index is 0.175. The maximum atomic E-state index is 3.77. The highest BCUT2D eigenvalue weighted by atomic mass is 28.3. The lowest BCUT2D eigenvalue weighted by Crippen LogP contribution is -2.49. The van der Waals surface area contributed by atoms with Gasteiger partial charge in [0.25, 0.3) is 0 Å². The number of benzene rings is 1. The molecule has 0 heterocycles. The zero-order chi connectivity index (χ0) is 16.4. The van der Waals surface area contributed by atoms with Crippen LogP contribution in [0.4, 0.5) is 0 Å². The molecule has 1 unspecified atom stereocenters. The van der Waals surface area contributed by atoms with Crippen molar-refractivity contribution in [1.82, 2.24) is 5.32 Å². The second-order valence-electron chi connectivity index (χ2n) is 8.39. The van der Waals surface area contributed by atoms with Crippen LogP contribution in [0.15, 0.2) is 53.3 Å². The molecule has 0 radical (unpaired) electrons. The average molecular weight is 314 g/mol. The van der Waals surface area contributed by atoms with E-state index in [1.54, 1.807) is 16.0 Å². The summed E-state index contributed by atoms with van der Waals surface area (Å²) in [6, 6.07) is 11.1. The van der Waals surface area contributed by atoms with E-state index in [1.165, 1.54) is 0 Å². The molecule has 1 nitrogen and oxygen atoms in total. The Hall–Kier alpha value is -1.12. The van der Waals surface area contributed by atoms with Gasteiger partial charge in [-0.15, -0.1) is 0 Å². The van der Waals surface area contributed by atoms with Gasteiger partial charge in [-0.2, -0.15) is 0 Å². The van der Waals surface area contributed by atoms with Gasteiger partial charge in [-0.3, -0.25) is 0 Å². The second kappa shape index (κ2) is 6.55. The number of allylic oxidation sites excluding steroid dienone is 4. The normalized spacial score (nSPS) is 17.2. The zero-order valence-electron chi connectivity index (χ0n) is 15.0. The maximum absolute atomic E-state index is 3.77. The highest BCUT2D eigenvalue weighted by molar-refractivity contribution is 6.80. The molecule has 0 amide bonds. The van der Waals surface area contributed by atoms with E-state index in [4.69, 9.17) is 0 Å². The molecule has 1 aromatic rings. The topological polar surface area (TPSA) is 12.0 Å². The lowest BCUT2D eigenvalue weighted by molar-refractivity contribution is 0.457. The lowest BCUT2D eigenvalue weighted by Gasteiger charge is -2.29. The van der Waals surface area contributed by atoms with Gasteiger partial charge in [0.15, 0.2) is 0 Å². The molecule has 2 heteroatoms. The fraction of sp³-hybridized carbons (Fsp3) is 0.500. The first-order chi connectivity index (χ1) is 10.2. The number of nitrogens with one attached hydrogen (secondary N) is 1. The Bertz CT molecular complexity index is 556. The minimum atomic E-state index is -1.20. The molecule has 1 aromatic carbocycles. The summed E-state index contributed by atoms with van der Waals surface area (Å²) in [5, 5.41) is 7.04. The summed E-state index contributed by atoms with van der Waals surface area (Å²) < 4.78 is 0. The molecule has 0 saturated carbocycles. The summed E-state index contributed by atoms with van der Waals surface area (Å²) in [6.07, 6.45) is 7.00. The summed E-state index contributed by atoms with van der Waals surface area (Å²) in [5.74, 6) is 0. The number of hydrogen-bond acceptors (Lipinski definition) is 1. The van der Waals surface area contributed by atoms with E-state index in [9.17, 15) is 0 Å². The van der Waals surface area contributed by atoms with Crippen LogP contribution < -0.4 is 10.5 Å². The predicted octanol–water partition coefficient (Wildman–Crippen LogP) is 3.89. The molecule has 0 spiro atoms. The number of rotatable bonds is 4. The van der Waals surface area contributed by atoms with E-state index in [2.05, 4.69) is 89.3 Å². The molecular weight excluding hydrogens is 282 g/mol. The van der Waals surface area contributed by atoms with Gasteiger partial charge < -0.3 is 5.32 Å². The maximum Gasteiger partial charge on any atom is 0.112 e. The molecule has 0 saturated heterocycles. The van der Waals surface area contributed by atoms with Crippen LogP contribution in [0.25, 0.3) is 0 Å². The Morgan fingerprint density at radius 1 is 1.00 bits per heavy atom. The Morgan fingerprint density at radius 3 is 2.18 bits per heavy atom. The molecule has 120 valence electrons. The zero-order valence-corrected chi connectivity index (χ0v) is 16.2. The highest BCUT2D eigenvalue weighted by Crippen LogP contribution is 2.35. The summed E-state index contributed by atoms with van der Waals surface area (Å²) in [5.41, 5.74) is 1.99. The Labute approximate surface area is 138 Å². The molecule has 0 aromatic heterocycles. The van der Waals surface area contributed by atoms with Crippen LogP contribution in [-0.4, -0.2) is 20.5 Å². The molecule has 1 aliphatic rings. The van der Waals surface area contributed by atoms with Gasteiger partial charge in [0, 0.05) is 5.54 Å². The van der Waals surface area contributed by atoms with Gasteiger partial charge in [-0.25, -0.2) is 0 Å². The molecule has 0 aliphatic heterocycles. The molecule has 0 fully saturated rings. The summed E-state index contributed by atoms with van der Waals surface area (Å²) >= 11 is 0. The van der Waals surface area contributed by atoms with Crippen LogP contribution in [0.2, 0.25) is 0 Å². The van der Waals surface area contributed by atoms with Crippen LogP contribution in [0.3, 0.4) is 0 Å². The highest BCUT2D eigenvalue weighted by Gasteiger charge is 2.29. The van der Waals surface area contributed by atoms with Crippen molar-refractivity contribution in [2.45, 2.75) is 53.5 Å². The van der Waals surface area contributed by atoms with E-state index in [1.807, 2.05) is 0 Å². The molecular formula is C20H31NSi. The van der Waals surface area contributed by atoms with E-state index in [0.717, 1.165) is 12.6 Å². The van der Waals surface area contributed by atoms with Gasteiger partial charge in [0.2, 0.25) is 0 Å². The van der Waals surface area contributed by atoms with Crippen molar-refractivity contribution < 1.29 is 0 Å². The van der Waals surface area contributed by atoms with Crippen LogP contribution in [0, 0.1) is 5.41 Å². The summed E-state index contributed by atoms with van der Waals surface area (Å²) in [6.45, 7) is 13.8. The van der Waals surface area contributed by atoms with Crippen molar-refractivity contribution >= 4 is 14.0 Å².